The van der Waals surface area contributed by atoms with E-state index in [-0.39, 0.29) is 37.1 Å². The van der Waals surface area contributed by atoms with E-state index >= 15 is 0 Å². The molecular formula is C44H84ClNO4. The summed E-state index contributed by atoms with van der Waals surface area (Å²) in [5.41, 5.74) is 0. The summed E-state index contributed by atoms with van der Waals surface area (Å²) in [6, 6.07) is 0. The molecule has 0 radical (unpaired) electrons. The number of carbonyl (C=O) groups is 2. The minimum Gasteiger partial charge on any atom is -1.00 e. The Bertz CT molecular complexity index is 791. The third kappa shape index (κ3) is 41.1. The Morgan fingerprint density at radius 2 is 0.860 bits per heavy atom. The van der Waals surface area contributed by atoms with Gasteiger partial charge in [-0.3, -0.25) is 9.59 Å². The Hall–Kier alpha value is -1.33. The van der Waals surface area contributed by atoms with Crippen LogP contribution in [-0.2, 0) is 19.1 Å². The number of rotatable bonds is 37. The van der Waals surface area contributed by atoms with Gasteiger partial charge in [0.2, 0.25) is 0 Å². The van der Waals surface area contributed by atoms with Crippen LogP contribution in [0, 0.1) is 0 Å². The average molecular weight is 727 g/mol. The van der Waals surface area contributed by atoms with Crippen LogP contribution in [0.3, 0.4) is 0 Å². The maximum atomic E-state index is 12.6. The van der Waals surface area contributed by atoms with Gasteiger partial charge in [0.15, 0.2) is 0 Å². The number of esters is 2. The molecule has 0 aromatic carbocycles. The second-order valence-corrected chi connectivity index (χ2v) is 15.6. The van der Waals surface area contributed by atoms with Crippen molar-refractivity contribution in [1.82, 2.24) is 0 Å². The van der Waals surface area contributed by atoms with Crippen LogP contribution in [-0.4, -0.2) is 56.8 Å². The lowest BCUT2D eigenvalue weighted by atomic mass is 10.1. The van der Waals surface area contributed by atoms with Gasteiger partial charge in [0, 0.05) is 19.3 Å². The van der Waals surface area contributed by atoms with Gasteiger partial charge in [-0.15, -0.1) is 0 Å². The van der Waals surface area contributed by atoms with Crippen LogP contribution >= 0.6 is 0 Å². The summed E-state index contributed by atoms with van der Waals surface area (Å²) in [4.78, 5) is 25.1. The summed E-state index contributed by atoms with van der Waals surface area (Å²) < 4.78 is 12.3. The Morgan fingerprint density at radius 3 is 1.26 bits per heavy atom. The second-order valence-electron chi connectivity index (χ2n) is 15.6. The fourth-order valence-electron chi connectivity index (χ4n) is 6.15. The van der Waals surface area contributed by atoms with Crippen molar-refractivity contribution in [3.05, 3.63) is 24.3 Å². The summed E-state index contributed by atoms with van der Waals surface area (Å²) in [6.45, 7) is 5.71. The molecule has 0 spiro atoms. The minimum absolute atomic E-state index is 0. The molecule has 0 rings (SSSR count). The van der Waals surface area contributed by atoms with Crippen molar-refractivity contribution in [3.8, 4) is 0 Å². The minimum atomic E-state index is -0.347. The Labute approximate surface area is 318 Å². The quantitative estimate of drug-likeness (QED) is 0.0277. The van der Waals surface area contributed by atoms with Gasteiger partial charge < -0.3 is 26.4 Å². The van der Waals surface area contributed by atoms with E-state index in [1.165, 1.54) is 141 Å². The second kappa shape index (κ2) is 38.9. The normalized spacial score (nSPS) is 12.4. The first-order chi connectivity index (χ1) is 23.8. The molecule has 0 aromatic heterocycles. The van der Waals surface area contributed by atoms with E-state index in [1.807, 2.05) is 0 Å². The Balaban J connectivity index is 0. The number of nitrogens with zero attached hydrogens (tertiary/aromatic N) is 1. The fraction of sp³-hybridized carbons (Fsp3) is 0.864. The molecule has 0 saturated heterocycles. The van der Waals surface area contributed by atoms with Gasteiger partial charge in [-0.25, -0.2) is 0 Å². The molecule has 0 amide bonds. The summed E-state index contributed by atoms with van der Waals surface area (Å²) in [6.07, 6.45) is 43.9. The zero-order valence-electron chi connectivity index (χ0n) is 34.0. The van der Waals surface area contributed by atoms with E-state index in [0.29, 0.717) is 12.8 Å². The molecule has 0 fully saturated rings. The molecule has 0 saturated carbocycles. The van der Waals surface area contributed by atoms with Crippen LogP contribution < -0.4 is 12.4 Å². The number of hydrogen-bond acceptors (Lipinski definition) is 4. The predicted octanol–water partition coefficient (Wildman–Crippen LogP) is 10.0. The van der Waals surface area contributed by atoms with Crippen molar-refractivity contribution in [2.24, 2.45) is 0 Å². The first-order valence-corrected chi connectivity index (χ1v) is 21.2. The largest absolute Gasteiger partial charge is 1.00 e. The van der Waals surface area contributed by atoms with E-state index in [4.69, 9.17) is 9.47 Å². The van der Waals surface area contributed by atoms with E-state index in [0.717, 1.165) is 49.6 Å². The molecule has 5 nitrogen and oxygen atoms in total. The summed E-state index contributed by atoms with van der Waals surface area (Å²) in [7, 11) is 6.51. The number of quaternary nitrogens is 1. The van der Waals surface area contributed by atoms with Crippen molar-refractivity contribution in [2.75, 3.05) is 34.3 Å². The van der Waals surface area contributed by atoms with E-state index in [9.17, 15) is 9.59 Å². The van der Waals surface area contributed by atoms with E-state index < -0.39 is 0 Å². The van der Waals surface area contributed by atoms with Crippen LogP contribution in [0.2, 0.25) is 0 Å². The molecule has 0 aliphatic carbocycles. The average Bonchev–Trinajstić information content (AvgIpc) is 3.06. The summed E-state index contributed by atoms with van der Waals surface area (Å²) in [5.74, 6) is -0.316. The van der Waals surface area contributed by atoms with Crippen LogP contribution in [0.25, 0.3) is 0 Å². The maximum absolute atomic E-state index is 12.6. The molecule has 0 N–H and O–H groups in total. The predicted molar refractivity (Wildman–Crippen MR) is 212 cm³/mol. The zero-order valence-corrected chi connectivity index (χ0v) is 34.7. The molecule has 0 aliphatic heterocycles. The molecule has 0 aromatic rings. The van der Waals surface area contributed by atoms with Crippen LogP contribution in [0.4, 0.5) is 0 Å². The van der Waals surface area contributed by atoms with Gasteiger partial charge in [0.25, 0.3) is 0 Å². The molecule has 296 valence electrons. The van der Waals surface area contributed by atoms with Crippen molar-refractivity contribution < 1.29 is 36.0 Å². The lowest BCUT2D eigenvalue weighted by Crippen LogP contribution is -3.00. The first-order valence-electron chi connectivity index (χ1n) is 21.2. The van der Waals surface area contributed by atoms with Crippen LogP contribution in [0.5, 0.6) is 0 Å². The van der Waals surface area contributed by atoms with Crippen molar-refractivity contribution >= 4 is 11.9 Å². The standard InChI is InChI=1S/C44H84NO4.ClH/c1-6-8-10-12-14-16-18-20-22-24-26-28-30-32-34-38-43(46)48-41-42(37-36-40-45(3,4)5)49-44(47)39-35-33-31-29-27-25-23-21-19-17-15-13-11-9-7-2;/h20-23,42H,6-19,24-41H2,1-5H3;1H/q+1;/p-1/b22-20-,23-21-;/t42-;/m1./s1. The van der Waals surface area contributed by atoms with Crippen molar-refractivity contribution in [3.63, 3.8) is 0 Å². The molecule has 0 bridgehead atoms. The Morgan fingerprint density at radius 1 is 0.500 bits per heavy atom. The number of allylic oxidation sites excluding steroid dienone is 4. The van der Waals surface area contributed by atoms with Gasteiger partial charge in [-0.05, 0) is 70.6 Å². The molecule has 50 heavy (non-hydrogen) atoms. The molecule has 0 aliphatic rings. The summed E-state index contributed by atoms with van der Waals surface area (Å²) >= 11 is 0. The van der Waals surface area contributed by atoms with E-state index in [2.05, 4.69) is 59.3 Å². The molecule has 1 atom stereocenters. The molecule has 6 heteroatoms. The number of carbonyl (C=O) groups excluding carboxylic acids is 2. The summed E-state index contributed by atoms with van der Waals surface area (Å²) in [5, 5.41) is 0. The Kier molecular flexibility index (Phi) is 39.5. The first kappa shape index (κ1) is 50.8. The molecule has 0 unspecified atom stereocenters. The third-order valence-corrected chi connectivity index (χ3v) is 9.37. The number of hydrogen-bond donors (Lipinski definition) is 0. The smallest absolute Gasteiger partial charge is 0.306 e. The zero-order chi connectivity index (χ0) is 36.1. The lowest BCUT2D eigenvalue weighted by Gasteiger charge is -2.25. The van der Waals surface area contributed by atoms with Gasteiger partial charge in [0.1, 0.15) is 12.7 Å². The highest BCUT2D eigenvalue weighted by molar-refractivity contribution is 5.70. The number of halogens is 1. The lowest BCUT2D eigenvalue weighted by molar-refractivity contribution is -0.870. The van der Waals surface area contributed by atoms with Crippen LogP contribution in [0.1, 0.15) is 206 Å². The maximum Gasteiger partial charge on any atom is 0.306 e. The van der Waals surface area contributed by atoms with Crippen molar-refractivity contribution in [1.29, 1.82) is 0 Å². The highest BCUT2D eigenvalue weighted by atomic mass is 35.5. The van der Waals surface area contributed by atoms with Crippen molar-refractivity contribution in [2.45, 2.75) is 213 Å². The highest BCUT2D eigenvalue weighted by Crippen LogP contribution is 2.14. The highest BCUT2D eigenvalue weighted by Gasteiger charge is 2.18. The van der Waals surface area contributed by atoms with Gasteiger partial charge in [-0.1, -0.05) is 141 Å². The van der Waals surface area contributed by atoms with Gasteiger partial charge in [-0.2, -0.15) is 0 Å². The number of unbranched alkanes of at least 4 members (excludes halogenated alkanes) is 22. The topological polar surface area (TPSA) is 52.6 Å². The SMILES string of the molecule is CCCCCCCC/C=C\CCCCCCCC(=O)OC[C@@H](CCC[N+](C)(C)C)OC(=O)CCCCCCC/C=C\CCCCCCCC.[Cl-]. The van der Waals surface area contributed by atoms with Gasteiger partial charge >= 0.3 is 11.9 Å². The number of ether oxygens (including phenoxy) is 2. The molecular weight excluding hydrogens is 642 g/mol. The van der Waals surface area contributed by atoms with E-state index in [1.54, 1.807) is 0 Å². The fourth-order valence-corrected chi connectivity index (χ4v) is 6.15. The third-order valence-electron chi connectivity index (χ3n) is 9.37. The monoisotopic (exact) mass is 726 g/mol. The van der Waals surface area contributed by atoms with Crippen LogP contribution in [0.15, 0.2) is 24.3 Å². The molecule has 0 heterocycles. The van der Waals surface area contributed by atoms with Gasteiger partial charge in [0.05, 0.1) is 27.7 Å².